The van der Waals surface area contributed by atoms with E-state index in [0.717, 1.165) is 20.6 Å². The van der Waals surface area contributed by atoms with Gasteiger partial charge >= 0.3 is 0 Å². The summed E-state index contributed by atoms with van der Waals surface area (Å²) in [6, 6.07) is 11.0. The van der Waals surface area contributed by atoms with E-state index < -0.39 is 0 Å². The van der Waals surface area contributed by atoms with Crippen LogP contribution in [0.1, 0.15) is 31.8 Å². The first-order valence-electron chi connectivity index (χ1n) is 6.19. The molecule has 0 radical (unpaired) electrons. The van der Waals surface area contributed by atoms with Crippen LogP contribution in [0.4, 0.5) is 0 Å². The third-order valence-electron chi connectivity index (χ3n) is 2.75. The molecule has 0 unspecified atom stereocenters. The Morgan fingerprint density at radius 2 is 2.05 bits per heavy atom. The SMILES string of the molecule is CC(=O)c1ccc(CCNC(=O)c2cccc(Br)c2)s1. The predicted octanol–water partition coefficient (Wildman–Crippen LogP) is 3.69. The van der Waals surface area contributed by atoms with Gasteiger partial charge in [-0.2, -0.15) is 0 Å². The molecule has 2 aromatic rings. The minimum atomic E-state index is -0.0883. The van der Waals surface area contributed by atoms with Gasteiger partial charge in [0.15, 0.2) is 5.78 Å². The number of nitrogens with one attached hydrogen (secondary N) is 1. The van der Waals surface area contributed by atoms with E-state index in [-0.39, 0.29) is 11.7 Å². The molecule has 5 heteroatoms. The van der Waals surface area contributed by atoms with Crippen LogP contribution >= 0.6 is 27.3 Å². The summed E-state index contributed by atoms with van der Waals surface area (Å²) in [4.78, 5) is 25.0. The first-order valence-corrected chi connectivity index (χ1v) is 7.80. The number of halogens is 1. The molecule has 3 nitrogen and oxygen atoms in total. The maximum atomic E-state index is 11.9. The Bertz CT molecular complexity index is 636. The fraction of sp³-hybridized carbons (Fsp3) is 0.200. The molecule has 0 bridgehead atoms. The Hall–Kier alpha value is -1.46. The first-order chi connectivity index (χ1) is 9.56. The van der Waals surface area contributed by atoms with Gasteiger partial charge in [0.05, 0.1) is 4.88 Å². The van der Waals surface area contributed by atoms with Crippen molar-refractivity contribution in [2.75, 3.05) is 6.54 Å². The summed E-state index contributed by atoms with van der Waals surface area (Å²) in [5.74, 6) is -0.00549. The number of rotatable bonds is 5. The van der Waals surface area contributed by atoms with Crippen LogP contribution in [0.15, 0.2) is 40.9 Å². The maximum Gasteiger partial charge on any atom is 0.251 e. The quantitative estimate of drug-likeness (QED) is 0.835. The van der Waals surface area contributed by atoms with E-state index in [1.807, 2.05) is 24.3 Å². The van der Waals surface area contributed by atoms with Gasteiger partial charge in [-0.25, -0.2) is 0 Å². The number of amides is 1. The molecule has 1 amide bonds. The second kappa shape index (κ2) is 6.81. The third-order valence-corrected chi connectivity index (χ3v) is 4.49. The van der Waals surface area contributed by atoms with Crippen molar-refractivity contribution < 1.29 is 9.59 Å². The highest BCUT2D eigenvalue weighted by molar-refractivity contribution is 9.10. The van der Waals surface area contributed by atoms with E-state index in [9.17, 15) is 9.59 Å². The lowest BCUT2D eigenvalue weighted by Gasteiger charge is -2.04. The molecule has 20 heavy (non-hydrogen) atoms. The highest BCUT2D eigenvalue weighted by atomic mass is 79.9. The van der Waals surface area contributed by atoms with Crippen LogP contribution in [0.25, 0.3) is 0 Å². The third kappa shape index (κ3) is 4.02. The zero-order valence-electron chi connectivity index (χ0n) is 11.0. The molecule has 0 saturated carbocycles. The number of hydrogen-bond donors (Lipinski definition) is 1. The van der Waals surface area contributed by atoms with Crippen molar-refractivity contribution in [2.24, 2.45) is 0 Å². The van der Waals surface area contributed by atoms with Crippen LogP contribution in [0.2, 0.25) is 0 Å². The van der Waals surface area contributed by atoms with Crippen LogP contribution in [0, 0.1) is 0 Å². The zero-order valence-corrected chi connectivity index (χ0v) is 13.4. The van der Waals surface area contributed by atoms with Gasteiger partial charge in [0.1, 0.15) is 0 Å². The highest BCUT2D eigenvalue weighted by Crippen LogP contribution is 2.17. The fourth-order valence-corrected chi connectivity index (χ4v) is 3.03. The molecule has 104 valence electrons. The molecule has 1 aromatic heterocycles. The largest absolute Gasteiger partial charge is 0.352 e. The number of ketones is 1. The highest BCUT2D eigenvalue weighted by Gasteiger charge is 2.07. The van der Waals surface area contributed by atoms with Gasteiger partial charge in [-0.1, -0.05) is 22.0 Å². The molecule has 0 aliphatic heterocycles. The van der Waals surface area contributed by atoms with E-state index >= 15 is 0 Å². The van der Waals surface area contributed by atoms with Crippen LogP contribution < -0.4 is 5.32 Å². The average Bonchev–Trinajstić information content (AvgIpc) is 2.87. The molecule has 0 aliphatic rings. The average molecular weight is 352 g/mol. The molecule has 2 rings (SSSR count). The van der Waals surface area contributed by atoms with Gasteiger partial charge in [-0.05, 0) is 43.7 Å². The van der Waals surface area contributed by atoms with Gasteiger partial charge in [0, 0.05) is 21.5 Å². The number of carbonyl (C=O) groups is 2. The summed E-state index contributed by atoms with van der Waals surface area (Å²) in [6.07, 6.45) is 0.734. The van der Waals surface area contributed by atoms with Gasteiger partial charge in [-0.3, -0.25) is 9.59 Å². The van der Waals surface area contributed by atoms with Gasteiger partial charge in [0.25, 0.3) is 5.91 Å². The normalized spacial score (nSPS) is 10.3. The molecular formula is C15H14BrNO2S. The van der Waals surface area contributed by atoms with Crippen molar-refractivity contribution in [1.82, 2.24) is 5.32 Å². The Morgan fingerprint density at radius 3 is 2.70 bits per heavy atom. The van der Waals surface area contributed by atoms with Crippen LogP contribution in [0.3, 0.4) is 0 Å². The summed E-state index contributed by atoms with van der Waals surface area (Å²) in [5, 5.41) is 2.88. The number of benzene rings is 1. The molecule has 1 N–H and O–H groups in total. The van der Waals surface area contributed by atoms with E-state index in [2.05, 4.69) is 21.2 Å². The maximum absolute atomic E-state index is 11.9. The Labute approximate surface area is 130 Å². The smallest absolute Gasteiger partial charge is 0.251 e. The number of hydrogen-bond acceptors (Lipinski definition) is 3. The van der Waals surface area contributed by atoms with Crippen molar-refractivity contribution in [2.45, 2.75) is 13.3 Å². The molecule has 0 fully saturated rings. The Morgan fingerprint density at radius 1 is 1.25 bits per heavy atom. The summed E-state index contributed by atoms with van der Waals surface area (Å²) in [7, 11) is 0. The van der Waals surface area contributed by atoms with Crippen molar-refractivity contribution in [3.8, 4) is 0 Å². The zero-order chi connectivity index (χ0) is 14.5. The van der Waals surface area contributed by atoms with E-state index in [1.54, 1.807) is 19.1 Å². The van der Waals surface area contributed by atoms with Crippen LogP contribution in [0.5, 0.6) is 0 Å². The Balaban J connectivity index is 1.86. The van der Waals surface area contributed by atoms with Gasteiger partial charge in [0.2, 0.25) is 0 Å². The lowest BCUT2D eigenvalue weighted by Crippen LogP contribution is -2.25. The fourth-order valence-electron chi connectivity index (χ4n) is 1.73. The van der Waals surface area contributed by atoms with Crippen molar-refractivity contribution in [1.29, 1.82) is 0 Å². The minimum absolute atomic E-state index is 0.0828. The summed E-state index contributed by atoms with van der Waals surface area (Å²) in [6.45, 7) is 2.12. The molecule has 0 saturated heterocycles. The topological polar surface area (TPSA) is 46.2 Å². The predicted molar refractivity (Wildman–Crippen MR) is 84.5 cm³/mol. The van der Waals surface area contributed by atoms with Gasteiger partial charge in [-0.15, -0.1) is 11.3 Å². The first kappa shape index (κ1) is 14.9. The van der Waals surface area contributed by atoms with E-state index in [0.29, 0.717) is 12.1 Å². The number of carbonyl (C=O) groups excluding carboxylic acids is 2. The van der Waals surface area contributed by atoms with Crippen molar-refractivity contribution >= 4 is 39.0 Å². The van der Waals surface area contributed by atoms with E-state index in [4.69, 9.17) is 0 Å². The lowest BCUT2D eigenvalue weighted by atomic mass is 10.2. The van der Waals surface area contributed by atoms with Crippen LogP contribution in [-0.4, -0.2) is 18.2 Å². The second-order valence-electron chi connectivity index (χ2n) is 4.34. The monoisotopic (exact) mass is 351 g/mol. The van der Waals surface area contributed by atoms with Crippen LogP contribution in [-0.2, 0) is 6.42 Å². The summed E-state index contributed by atoms with van der Waals surface area (Å²) in [5.41, 5.74) is 0.634. The van der Waals surface area contributed by atoms with E-state index in [1.165, 1.54) is 11.3 Å². The molecular weight excluding hydrogens is 338 g/mol. The molecule has 1 heterocycles. The van der Waals surface area contributed by atoms with Gasteiger partial charge < -0.3 is 5.32 Å². The number of thiophene rings is 1. The summed E-state index contributed by atoms with van der Waals surface area (Å²) >= 11 is 4.82. The molecule has 1 aromatic carbocycles. The molecule has 0 atom stereocenters. The van der Waals surface area contributed by atoms with Crippen molar-refractivity contribution in [3.05, 3.63) is 56.2 Å². The second-order valence-corrected chi connectivity index (χ2v) is 6.42. The lowest BCUT2D eigenvalue weighted by molar-refractivity contribution is 0.0953. The number of Topliss-reactive ketones (excluding diaryl/α,β-unsaturated/α-hetero) is 1. The standard InChI is InChI=1S/C15H14BrNO2S/c1-10(18)14-6-5-13(20-14)7-8-17-15(19)11-3-2-4-12(16)9-11/h2-6,9H,7-8H2,1H3,(H,17,19). The summed E-state index contributed by atoms with van der Waals surface area (Å²) < 4.78 is 0.884. The molecule has 0 aliphatic carbocycles. The van der Waals surface area contributed by atoms with Crippen molar-refractivity contribution in [3.63, 3.8) is 0 Å². The Kier molecular flexibility index (Phi) is 5.09. The minimum Gasteiger partial charge on any atom is -0.352 e. The molecule has 0 spiro atoms.